The van der Waals surface area contributed by atoms with Crippen LogP contribution in [-0.4, -0.2) is 37.9 Å². The van der Waals surface area contributed by atoms with Crippen LogP contribution < -0.4 is 5.56 Å². The minimum Gasteiger partial charge on any atom is -0.385 e. The van der Waals surface area contributed by atoms with Gasteiger partial charge in [0.05, 0.1) is 10.7 Å². The standard InChI is InChI=1S/C22H22ClN5O2S/c1-15-7-5-10-19-24-16(13-20(29)28(15)19)14-31-22-26-25-21(27(22)11-6-12-30-2)17-8-3-4-9-18(17)23/h3-5,7-10,13H,6,11-12,14H2,1-2H3. The van der Waals surface area contributed by atoms with Gasteiger partial charge in [0.25, 0.3) is 5.56 Å². The van der Waals surface area contributed by atoms with Gasteiger partial charge >= 0.3 is 0 Å². The average molecular weight is 456 g/mol. The van der Waals surface area contributed by atoms with E-state index in [-0.39, 0.29) is 5.56 Å². The van der Waals surface area contributed by atoms with Crippen LogP contribution in [0.25, 0.3) is 17.0 Å². The molecular formula is C22H22ClN5O2S. The van der Waals surface area contributed by atoms with Crippen molar-refractivity contribution in [2.75, 3.05) is 13.7 Å². The van der Waals surface area contributed by atoms with Crippen molar-refractivity contribution >= 4 is 29.0 Å². The number of nitrogens with zero attached hydrogens (tertiary/aromatic N) is 5. The second-order valence-corrected chi connectivity index (χ2v) is 8.37. The first-order chi connectivity index (χ1) is 15.1. The number of rotatable bonds is 8. The van der Waals surface area contributed by atoms with E-state index in [1.807, 2.05) is 54.0 Å². The molecule has 0 unspecified atom stereocenters. The summed E-state index contributed by atoms with van der Waals surface area (Å²) in [6.45, 7) is 3.21. The maximum Gasteiger partial charge on any atom is 0.258 e. The Bertz CT molecular complexity index is 1270. The quantitative estimate of drug-likeness (QED) is 0.292. The molecule has 0 aliphatic rings. The Labute approximate surface area is 189 Å². The van der Waals surface area contributed by atoms with E-state index in [0.717, 1.165) is 22.8 Å². The predicted molar refractivity (Wildman–Crippen MR) is 123 cm³/mol. The van der Waals surface area contributed by atoms with Gasteiger partial charge in [-0.15, -0.1) is 10.2 Å². The third-order valence-electron chi connectivity index (χ3n) is 4.84. The molecule has 0 N–H and O–H groups in total. The molecule has 3 heterocycles. The zero-order valence-electron chi connectivity index (χ0n) is 17.3. The summed E-state index contributed by atoms with van der Waals surface area (Å²) in [5.41, 5.74) is 2.94. The summed E-state index contributed by atoms with van der Waals surface area (Å²) in [6.07, 6.45) is 0.814. The van der Waals surface area contributed by atoms with Crippen LogP contribution in [0.3, 0.4) is 0 Å². The largest absolute Gasteiger partial charge is 0.385 e. The molecule has 3 aromatic heterocycles. The lowest BCUT2D eigenvalue weighted by atomic mass is 10.2. The predicted octanol–water partition coefficient (Wildman–Crippen LogP) is 4.24. The van der Waals surface area contributed by atoms with Crippen LogP contribution in [0, 0.1) is 6.92 Å². The molecule has 0 amide bonds. The Balaban J connectivity index is 1.63. The second kappa shape index (κ2) is 9.64. The molecule has 9 heteroatoms. The highest BCUT2D eigenvalue weighted by molar-refractivity contribution is 7.98. The molecule has 0 aliphatic carbocycles. The highest BCUT2D eigenvalue weighted by Crippen LogP contribution is 2.30. The van der Waals surface area contributed by atoms with Crippen molar-refractivity contribution in [1.82, 2.24) is 24.1 Å². The van der Waals surface area contributed by atoms with Gasteiger partial charge in [-0.3, -0.25) is 9.20 Å². The van der Waals surface area contributed by atoms with Gasteiger partial charge < -0.3 is 9.30 Å². The first-order valence-electron chi connectivity index (χ1n) is 9.86. The molecule has 0 saturated carbocycles. The fourth-order valence-electron chi connectivity index (χ4n) is 3.38. The second-order valence-electron chi connectivity index (χ2n) is 7.02. The van der Waals surface area contributed by atoms with Gasteiger partial charge in [0.15, 0.2) is 11.0 Å². The zero-order valence-corrected chi connectivity index (χ0v) is 18.9. The molecule has 4 aromatic rings. The fourth-order valence-corrected chi connectivity index (χ4v) is 4.46. The maximum atomic E-state index is 12.6. The third kappa shape index (κ3) is 4.66. The third-order valence-corrected chi connectivity index (χ3v) is 6.17. The smallest absolute Gasteiger partial charge is 0.258 e. The molecule has 160 valence electrons. The van der Waals surface area contributed by atoms with Gasteiger partial charge in [0.2, 0.25) is 0 Å². The summed E-state index contributed by atoms with van der Waals surface area (Å²) in [7, 11) is 1.68. The number of hydrogen-bond acceptors (Lipinski definition) is 6. The molecule has 0 atom stereocenters. The highest BCUT2D eigenvalue weighted by atomic mass is 35.5. The Morgan fingerprint density at radius 1 is 1.13 bits per heavy atom. The number of benzene rings is 1. The van der Waals surface area contributed by atoms with Gasteiger partial charge in [0, 0.05) is 43.3 Å². The number of ether oxygens (including phenoxy) is 1. The van der Waals surface area contributed by atoms with E-state index in [1.165, 1.54) is 11.8 Å². The monoisotopic (exact) mass is 455 g/mol. The van der Waals surface area contributed by atoms with Gasteiger partial charge in [-0.1, -0.05) is 41.6 Å². The number of halogens is 1. The van der Waals surface area contributed by atoms with Crippen molar-refractivity contribution < 1.29 is 4.74 Å². The summed E-state index contributed by atoms with van der Waals surface area (Å²) in [4.78, 5) is 17.2. The lowest BCUT2D eigenvalue weighted by Crippen LogP contribution is -2.17. The Hall–Kier alpha value is -2.68. The minimum absolute atomic E-state index is 0.0861. The minimum atomic E-state index is -0.0861. The summed E-state index contributed by atoms with van der Waals surface area (Å²) in [5.74, 6) is 1.22. The molecule has 1 aromatic carbocycles. The van der Waals surface area contributed by atoms with E-state index >= 15 is 0 Å². The van der Waals surface area contributed by atoms with Crippen LogP contribution in [0.1, 0.15) is 17.8 Å². The summed E-state index contributed by atoms with van der Waals surface area (Å²) in [6, 6.07) is 14.8. The molecule has 0 fully saturated rings. The number of hydrogen-bond donors (Lipinski definition) is 0. The molecule has 0 spiro atoms. The number of pyridine rings is 1. The van der Waals surface area contributed by atoms with Crippen molar-refractivity contribution in [3.05, 3.63) is 75.3 Å². The topological polar surface area (TPSA) is 74.3 Å². The first-order valence-corrected chi connectivity index (χ1v) is 11.2. The van der Waals surface area contributed by atoms with E-state index in [2.05, 4.69) is 15.2 Å². The van der Waals surface area contributed by atoms with E-state index < -0.39 is 0 Å². The van der Waals surface area contributed by atoms with Gasteiger partial charge in [-0.05, 0) is 37.6 Å². The van der Waals surface area contributed by atoms with Gasteiger partial charge in [0.1, 0.15) is 5.65 Å². The van der Waals surface area contributed by atoms with Crippen LogP contribution in [-0.2, 0) is 17.0 Å². The molecular weight excluding hydrogens is 434 g/mol. The molecule has 7 nitrogen and oxygen atoms in total. The van der Waals surface area contributed by atoms with E-state index in [0.29, 0.717) is 41.1 Å². The number of thioether (sulfide) groups is 1. The Morgan fingerprint density at radius 3 is 2.77 bits per heavy atom. The maximum absolute atomic E-state index is 12.6. The number of methoxy groups -OCH3 is 1. The summed E-state index contributed by atoms with van der Waals surface area (Å²) < 4.78 is 8.86. The Kier molecular flexibility index (Phi) is 6.70. The summed E-state index contributed by atoms with van der Waals surface area (Å²) in [5, 5.41) is 10.2. The highest BCUT2D eigenvalue weighted by Gasteiger charge is 2.17. The normalized spacial score (nSPS) is 11.3. The Morgan fingerprint density at radius 2 is 1.97 bits per heavy atom. The van der Waals surface area contributed by atoms with Gasteiger partial charge in [-0.2, -0.15) is 0 Å². The van der Waals surface area contributed by atoms with E-state index in [4.69, 9.17) is 16.3 Å². The molecule has 0 aliphatic heterocycles. The zero-order chi connectivity index (χ0) is 21.8. The summed E-state index contributed by atoms with van der Waals surface area (Å²) >= 11 is 7.90. The number of fused-ring (bicyclic) bond motifs is 1. The number of aryl methyl sites for hydroxylation is 1. The van der Waals surface area contributed by atoms with Crippen molar-refractivity contribution in [3.63, 3.8) is 0 Å². The lowest BCUT2D eigenvalue weighted by Gasteiger charge is -2.11. The lowest BCUT2D eigenvalue weighted by molar-refractivity contribution is 0.189. The van der Waals surface area contributed by atoms with Crippen LogP contribution >= 0.6 is 23.4 Å². The molecule has 0 saturated heterocycles. The molecule has 0 bridgehead atoms. The van der Waals surface area contributed by atoms with Crippen LogP contribution in [0.15, 0.2) is 58.5 Å². The SMILES string of the molecule is COCCCn1c(SCc2cc(=O)n3c(C)cccc3n2)nnc1-c1ccccc1Cl. The molecule has 0 radical (unpaired) electrons. The number of aromatic nitrogens is 5. The molecule has 4 rings (SSSR count). The van der Waals surface area contributed by atoms with Crippen molar-refractivity contribution in [1.29, 1.82) is 0 Å². The van der Waals surface area contributed by atoms with E-state index in [9.17, 15) is 4.79 Å². The first kappa shape index (κ1) is 21.5. The van der Waals surface area contributed by atoms with Crippen LogP contribution in [0.2, 0.25) is 5.02 Å². The van der Waals surface area contributed by atoms with Crippen molar-refractivity contribution in [2.24, 2.45) is 0 Å². The average Bonchev–Trinajstić information content (AvgIpc) is 3.15. The van der Waals surface area contributed by atoms with Crippen molar-refractivity contribution in [3.8, 4) is 11.4 Å². The van der Waals surface area contributed by atoms with Crippen LogP contribution in [0.5, 0.6) is 0 Å². The van der Waals surface area contributed by atoms with Crippen LogP contribution in [0.4, 0.5) is 0 Å². The van der Waals surface area contributed by atoms with Gasteiger partial charge in [-0.25, -0.2) is 4.98 Å². The van der Waals surface area contributed by atoms with Crippen molar-refractivity contribution in [2.45, 2.75) is 30.8 Å². The fraction of sp³-hybridized carbons (Fsp3) is 0.273. The molecule has 31 heavy (non-hydrogen) atoms. The van der Waals surface area contributed by atoms with E-state index in [1.54, 1.807) is 17.6 Å².